The fourth-order valence-corrected chi connectivity index (χ4v) is 3.60. The van der Waals surface area contributed by atoms with E-state index in [9.17, 15) is 4.79 Å². The third-order valence-electron chi connectivity index (χ3n) is 4.33. The summed E-state index contributed by atoms with van der Waals surface area (Å²) in [6.07, 6.45) is 3.20. The zero-order valence-corrected chi connectivity index (χ0v) is 16.2. The maximum absolute atomic E-state index is 12.7. The summed E-state index contributed by atoms with van der Waals surface area (Å²) in [7, 11) is 0. The molecule has 0 radical (unpaired) electrons. The van der Waals surface area contributed by atoms with Crippen LogP contribution in [0.2, 0.25) is 0 Å². The second-order valence-corrected chi connectivity index (χ2v) is 7.42. The van der Waals surface area contributed by atoms with Gasteiger partial charge in [0.15, 0.2) is 5.82 Å². The lowest BCUT2D eigenvalue weighted by Gasteiger charge is -2.11. The van der Waals surface area contributed by atoms with Crippen LogP contribution in [0, 0.1) is 0 Å². The van der Waals surface area contributed by atoms with E-state index in [2.05, 4.69) is 15.4 Å². The minimum Gasteiger partial charge on any atom is -0.469 e. The van der Waals surface area contributed by atoms with E-state index in [0.29, 0.717) is 5.82 Å². The Kier molecular flexibility index (Phi) is 5.34. The van der Waals surface area contributed by atoms with Crippen molar-refractivity contribution in [2.24, 2.45) is 0 Å². The minimum atomic E-state index is -0.278. The molecule has 1 unspecified atom stereocenters. The predicted molar refractivity (Wildman–Crippen MR) is 109 cm³/mol. The van der Waals surface area contributed by atoms with Crippen LogP contribution in [0.3, 0.4) is 0 Å². The van der Waals surface area contributed by atoms with Gasteiger partial charge in [0.2, 0.25) is 5.82 Å². The molecule has 0 aliphatic rings. The molecule has 1 N–H and O–H groups in total. The zero-order valence-electron chi connectivity index (χ0n) is 15.4. The van der Waals surface area contributed by atoms with Crippen molar-refractivity contribution in [1.29, 1.82) is 0 Å². The lowest BCUT2D eigenvalue weighted by atomic mass is 10.1. The van der Waals surface area contributed by atoms with Crippen molar-refractivity contribution < 1.29 is 9.21 Å². The molecule has 4 rings (SSSR count). The molecule has 1 aromatic carbocycles. The maximum Gasteiger partial charge on any atom is 0.291 e. The molecule has 6 nitrogen and oxygen atoms in total. The summed E-state index contributed by atoms with van der Waals surface area (Å²) >= 11 is 1.56. The molecule has 1 atom stereocenters. The van der Waals surface area contributed by atoms with Gasteiger partial charge >= 0.3 is 0 Å². The largest absolute Gasteiger partial charge is 0.469 e. The van der Waals surface area contributed by atoms with Gasteiger partial charge in [0, 0.05) is 12.5 Å². The Bertz CT molecular complexity index is 1020. The third-order valence-corrected chi connectivity index (χ3v) is 5.20. The fraction of sp³-hybridized carbons (Fsp3) is 0.190. The summed E-state index contributed by atoms with van der Waals surface area (Å²) in [5, 5.41) is 9.44. The molecule has 0 aliphatic carbocycles. The molecule has 3 heterocycles. The van der Waals surface area contributed by atoms with Crippen LogP contribution in [0.25, 0.3) is 16.4 Å². The van der Waals surface area contributed by atoms with Crippen molar-refractivity contribution in [1.82, 2.24) is 20.1 Å². The third kappa shape index (κ3) is 4.04. The summed E-state index contributed by atoms with van der Waals surface area (Å²) in [4.78, 5) is 18.2. The molecule has 1 amide bonds. The summed E-state index contributed by atoms with van der Waals surface area (Å²) in [5.41, 5.74) is 0.864. The number of hydrogen-bond donors (Lipinski definition) is 1. The van der Waals surface area contributed by atoms with Crippen molar-refractivity contribution in [3.05, 3.63) is 77.8 Å². The second kappa shape index (κ2) is 8.22. The van der Waals surface area contributed by atoms with Crippen LogP contribution in [0.1, 0.15) is 29.7 Å². The highest BCUT2D eigenvalue weighted by atomic mass is 32.1. The van der Waals surface area contributed by atoms with Crippen molar-refractivity contribution in [3.8, 4) is 16.4 Å². The Labute approximate surface area is 166 Å². The molecule has 3 aromatic heterocycles. The number of nitrogens with zero attached hydrogens (tertiary/aromatic N) is 3. The van der Waals surface area contributed by atoms with E-state index < -0.39 is 0 Å². The number of carbonyl (C=O) groups is 1. The van der Waals surface area contributed by atoms with E-state index in [-0.39, 0.29) is 17.8 Å². The Morgan fingerprint density at radius 3 is 2.75 bits per heavy atom. The average molecular weight is 392 g/mol. The van der Waals surface area contributed by atoms with Gasteiger partial charge in [0.1, 0.15) is 5.76 Å². The highest BCUT2D eigenvalue weighted by Gasteiger charge is 2.20. The van der Waals surface area contributed by atoms with Crippen molar-refractivity contribution in [2.75, 3.05) is 0 Å². The van der Waals surface area contributed by atoms with E-state index in [1.54, 1.807) is 22.3 Å². The number of benzene rings is 1. The fourth-order valence-electron chi connectivity index (χ4n) is 2.90. The van der Waals surface area contributed by atoms with Crippen LogP contribution >= 0.6 is 11.3 Å². The van der Waals surface area contributed by atoms with Crippen LogP contribution < -0.4 is 5.32 Å². The molecule has 0 spiro atoms. The number of aromatic nitrogens is 3. The molecule has 0 saturated heterocycles. The van der Waals surface area contributed by atoms with Gasteiger partial charge in [-0.3, -0.25) is 4.79 Å². The molecular weight excluding hydrogens is 372 g/mol. The van der Waals surface area contributed by atoms with E-state index >= 15 is 0 Å². The van der Waals surface area contributed by atoms with Gasteiger partial charge < -0.3 is 9.73 Å². The molecular formula is C21H20N4O2S. The number of rotatable bonds is 7. The molecule has 0 saturated carbocycles. The van der Waals surface area contributed by atoms with Gasteiger partial charge in [-0.1, -0.05) is 24.3 Å². The highest BCUT2D eigenvalue weighted by molar-refractivity contribution is 7.13. The van der Waals surface area contributed by atoms with Crippen molar-refractivity contribution in [3.63, 3.8) is 0 Å². The normalized spacial score (nSPS) is 12.0. The number of furan rings is 1. The Morgan fingerprint density at radius 1 is 1.18 bits per heavy atom. The van der Waals surface area contributed by atoms with Gasteiger partial charge in [-0.25, -0.2) is 9.67 Å². The summed E-state index contributed by atoms with van der Waals surface area (Å²) < 4.78 is 7.06. The van der Waals surface area contributed by atoms with Crippen LogP contribution in [0.4, 0.5) is 0 Å². The summed E-state index contributed by atoms with van der Waals surface area (Å²) in [6.45, 7) is 1.97. The SMILES string of the molecule is CC(CCc1ccco1)NC(=O)c1nc(-c2cccs2)n(-c2ccccc2)n1. The molecule has 4 aromatic rings. The number of carbonyl (C=O) groups excluding carboxylic acids is 1. The minimum absolute atomic E-state index is 0.0218. The Balaban J connectivity index is 1.53. The quantitative estimate of drug-likeness (QED) is 0.508. The highest BCUT2D eigenvalue weighted by Crippen LogP contribution is 2.25. The van der Waals surface area contributed by atoms with Crippen LogP contribution in [0.5, 0.6) is 0 Å². The van der Waals surface area contributed by atoms with E-state index in [1.807, 2.05) is 66.9 Å². The molecule has 0 fully saturated rings. The topological polar surface area (TPSA) is 73.0 Å². The first-order chi connectivity index (χ1) is 13.7. The van der Waals surface area contributed by atoms with Crippen LogP contribution in [0.15, 0.2) is 70.7 Å². The monoisotopic (exact) mass is 392 g/mol. The standard InChI is InChI=1S/C21H20N4O2S/c1-15(11-12-17-9-5-13-27-17)22-21(26)19-23-20(18-10-6-14-28-18)25(24-19)16-7-3-2-4-8-16/h2-10,13-15H,11-12H2,1H3,(H,22,26). The Hall–Kier alpha value is -3.19. The molecule has 142 valence electrons. The molecule has 7 heteroatoms. The maximum atomic E-state index is 12.7. The summed E-state index contributed by atoms with van der Waals surface area (Å²) in [6, 6.07) is 17.4. The van der Waals surface area contributed by atoms with Crippen LogP contribution in [-0.2, 0) is 6.42 Å². The molecule has 0 bridgehead atoms. The average Bonchev–Trinajstić information content (AvgIpc) is 3.48. The lowest BCUT2D eigenvalue weighted by Crippen LogP contribution is -2.33. The van der Waals surface area contributed by atoms with Crippen molar-refractivity contribution >= 4 is 17.2 Å². The number of nitrogens with one attached hydrogen (secondary N) is 1. The van der Waals surface area contributed by atoms with E-state index in [0.717, 1.165) is 29.2 Å². The Morgan fingerprint density at radius 2 is 2.04 bits per heavy atom. The molecule has 0 aliphatic heterocycles. The number of aryl methyl sites for hydroxylation is 1. The predicted octanol–water partition coefficient (Wildman–Crippen LogP) is 4.34. The number of para-hydroxylation sites is 1. The van der Waals surface area contributed by atoms with E-state index in [4.69, 9.17) is 4.42 Å². The number of hydrogen-bond acceptors (Lipinski definition) is 5. The number of thiophene rings is 1. The smallest absolute Gasteiger partial charge is 0.291 e. The van der Waals surface area contributed by atoms with Gasteiger partial charge in [0.25, 0.3) is 5.91 Å². The van der Waals surface area contributed by atoms with Crippen molar-refractivity contribution in [2.45, 2.75) is 25.8 Å². The summed E-state index contributed by atoms with van der Waals surface area (Å²) in [5.74, 6) is 1.46. The lowest BCUT2D eigenvalue weighted by molar-refractivity contribution is 0.0927. The van der Waals surface area contributed by atoms with Gasteiger partial charge in [-0.2, -0.15) is 0 Å². The first kappa shape index (κ1) is 18.2. The van der Waals surface area contributed by atoms with Gasteiger partial charge in [-0.05, 0) is 49.1 Å². The van der Waals surface area contributed by atoms with Gasteiger partial charge in [0.05, 0.1) is 16.8 Å². The van der Waals surface area contributed by atoms with E-state index in [1.165, 1.54) is 0 Å². The first-order valence-corrected chi connectivity index (χ1v) is 9.98. The van der Waals surface area contributed by atoms with Gasteiger partial charge in [-0.15, -0.1) is 16.4 Å². The second-order valence-electron chi connectivity index (χ2n) is 6.48. The first-order valence-electron chi connectivity index (χ1n) is 9.10. The zero-order chi connectivity index (χ0) is 19.3. The molecule has 28 heavy (non-hydrogen) atoms. The number of amides is 1. The van der Waals surface area contributed by atoms with Crippen LogP contribution in [-0.4, -0.2) is 26.7 Å².